The van der Waals surface area contributed by atoms with E-state index in [1.165, 1.54) is 11.1 Å². The predicted octanol–water partition coefficient (Wildman–Crippen LogP) is 6.85. The van der Waals surface area contributed by atoms with E-state index in [1.807, 2.05) is 0 Å². The first kappa shape index (κ1) is 21.9. The number of hydrogen-bond acceptors (Lipinski definition) is 3. The largest absolute Gasteiger partial charge is 0.456 e. The van der Waals surface area contributed by atoms with Gasteiger partial charge in [-0.3, -0.25) is 0 Å². The van der Waals surface area contributed by atoms with Crippen molar-refractivity contribution in [2.45, 2.75) is 84.5 Å². The molecule has 2 aromatic rings. The normalized spacial score (nSPS) is 14.7. The van der Waals surface area contributed by atoms with E-state index in [0.717, 1.165) is 33.8 Å². The first-order valence-corrected chi connectivity index (χ1v) is 10.6. The van der Waals surface area contributed by atoms with Crippen molar-refractivity contribution in [3.8, 4) is 23.6 Å². The Morgan fingerprint density at radius 2 is 1.10 bits per heavy atom. The van der Waals surface area contributed by atoms with Gasteiger partial charge in [0.25, 0.3) is 0 Å². The van der Waals surface area contributed by atoms with Crippen molar-refractivity contribution in [1.29, 1.82) is 10.5 Å². The molecule has 0 saturated heterocycles. The fraction of sp³-hybridized carbons (Fsp3) is 0.481. The molecular formula is C27H32N2O. The Bertz CT molecular complexity index is 995. The van der Waals surface area contributed by atoms with Crippen LogP contribution in [0.4, 0.5) is 0 Å². The molecule has 1 aliphatic rings. The van der Waals surface area contributed by atoms with Crippen LogP contribution in [-0.2, 0) is 29.1 Å². The van der Waals surface area contributed by atoms with E-state index >= 15 is 0 Å². The molecule has 0 unspecified atom stereocenters. The molecule has 0 bridgehead atoms. The molecule has 3 heteroatoms. The standard InChI is InChI=1S/C27H32N2O/c1-25(2,3)19-13-17(9-11-28)23-21(15-19)27(7,8)22-16-20(26(4,5)6)14-18(10-12-29)24(22)30-23/h13-16H,9-10H2,1-8H3. The van der Waals surface area contributed by atoms with Gasteiger partial charge in [-0.2, -0.15) is 10.5 Å². The lowest BCUT2D eigenvalue weighted by Gasteiger charge is -2.39. The van der Waals surface area contributed by atoms with Gasteiger partial charge >= 0.3 is 0 Å². The average molecular weight is 401 g/mol. The Kier molecular flexibility index (Phi) is 5.24. The van der Waals surface area contributed by atoms with Crippen LogP contribution in [0.25, 0.3) is 0 Å². The first-order valence-electron chi connectivity index (χ1n) is 10.6. The number of rotatable bonds is 2. The highest BCUT2D eigenvalue weighted by Crippen LogP contribution is 2.52. The fourth-order valence-electron chi connectivity index (χ4n) is 4.09. The van der Waals surface area contributed by atoms with Crippen LogP contribution < -0.4 is 4.74 Å². The lowest BCUT2D eigenvalue weighted by molar-refractivity contribution is 0.407. The molecule has 0 saturated carbocycles. The van der Waals surface area contributed by atoms with Crippen LogP contribution >= 0.6 is 0 Å². The highest BCUT2D eigenvalue weighted by atomic mass is 16.5. The molecule has 0 spiro atoms. The van der Waals surface area contributed by atoms with Crippen LogP contribution in [0.2, 0.25) is 0 Å². The molecule has 3 nitrogen and oxygen atoms in total. The number of hydrogen-bond donors (Lipinski definition) is 0. The third kappa shape index (κ3) is 3.70. The van der Waals surface area contributed by atoms with Gasteiger partial charge in [0.2, 0.25) is 0 Å². The number of ether oxygens (including phenoxy) is 1. The third-order valence-corrected chi connectivity index (χ3v) is 6.15. The number of nitrogens with zero attached hydrogens (tertiary/aromatic N) is 2. The van der Waals surface area contributed by atoms with Crippen molar-refractivity contribution in [3.63, 3.8) is 0 Å². The summed E-state index contributed by atoms with van der Waals surface area (Å²) >= 11 is 0. The second kappa shape index (κ2) is 7.17. The van der Waals surface area contributed by atoms with Gasteiger partial charge in [-0.15, -0.1) is 0 Å². The van der Waals surface area contributed by atoms with Gasteiger partial charge in [0.1, 0.15) is 11.5 Å². The van der Waals surface area contributed by atoms with Crippen LogP contribution in [0, 0.1) is 22.7 Å². The molecular weight excluding hydrogens is 368 g/mol. The Hall–Kier alpha value is -2.78. The SMILES string of the molecule is CC(C)(C)c1cc(CC#N)c2c(c1)C(C)(C)c1cc(C(C)(C)C)cc(CC#N)c1O2. The van der Waals surface area contributed by atoms with Gasteiger partial charge in [-0.1, -0.05) is 79.7 Å². The van der Waals surface area contributed by atoms with E-state index in [2.05, 4.69) is 91.8 Å². The minimum Gasteiger partial charge on any atom is -0.456 e. The van der Waals surface area contributed by atoms with Crippen LogP contribution in [0.15, 0.2) is 24.3 Å². The van der Waals surface area contributed by atoms with Gasteiger partial charge in [0.05, 0.1) is 25.0 Å². The molecule has 0 amide bonds. The van der Waals surface area contributed by atoms with Gasteiger partial charge in [0.15, 0.2) is 0 Å². The van der Waals surface area contributed by atoms with Crippen molar-refractivity contribution in [1.82, 2.24) is 0 Å². The molecule has 2 aromatic carbocycles. The summed E-state index contributed by atoms with van der Waals surface area (Å²) in [7, 11) is 0. The Labute approximate surface area is 181 Å². The third-order valence-electron chi connectivity index (χ3n) is 6.15. The fourth-order valence-corrected chi connectivity index (χ4v) is 4.09. The van der Waals surface area contributed by atoms with Crippen LogP contribution in [0.5, 0.6) is 11.5 Å². The number of fused-ring (bicyclic) bond motifs is 2. The van der Waals surface area contributed by atoms with Crippen LogP contribution in [-0.4, -0.2) is 0 Å². The van der Waals surface area contributed by atoms with Crippen molar-refractivity contribution < 1.29 is 4.74 Å². The molecule has 3 rings (SSSR count). The summed E-state index contributed by atoms with van der Waals surface area (Å²) in [6, 6.07) is 13.3. The molecule has 0 aromatic heterocycles. The average Bonchev–Trinajstić information content (AvgIpc) is 2.61. The highest BCUT2D eigenvalue weighted by molar-refractivity contribution is 5.64. The molecule has 1 heterocycles. The molecule has 1 aliphatic heterocycles. The maximum Gasteiger partial charge on any atom is 0.135 e. The van der Waals surface area contributed by atoms with Crippen molar-refractivity contribution in [2.24, 2.45) is 0 Å². The predicted molar refractivity (Wildman–Crippen MR) is 121 cm³/mol. The second-order valence-corrected chi connectivity index (χ2v) is 10.9. The zero-order valence-electron chi connectivity index (χ0n) is 19.5. The van der Waals surface area contributed by atoms with Crippen molar-refractivity contribution >= 4 is 0 Å². The maximum atomic E-state index is 9.46. The van der Waals surface area contributed by atoms with Crippen molar-refractivity contribution in [3.05, 3.63) is 57.6 Å². The summed E-state index contributed by atoms with van der Waals surface area (Å²) in [5.74, 6) is 1.56. The van der Waals surface area contributed by atoms with E-state index < -0.39 is 0 Å². The van der Waals surface area contributed by atoms with Gasteiger partial charge in [-0.05, 0) is 22.0 Å². The molecule has 0 fully saturated rings. The Balaban J connectivity index is 2.36. The van der Waals surface area contributed by atoms with Crippen LogP contribution in [0.1, 0.15) is 88.8 Å². The lowest BCUT2D eigenvalue weighted by Crippen LogP contribution is -2.28. The molecule has 0 aliphatic carbocycles. The zero-order valence-corrected chi connectivity index (χ0v) is 19.5. The second-order valence-electron chi connectivity index (χ2n) is 10.9. The first-order chi connectivity index (χ1) is 13.8. The summed E-state index contributed by atoms with van der Waals surface area (Å²) in [6.07, 6.45) is 0.594. The maximum absolute atomic E-state index is 9.46. The highest BCUT2D eigenvalue weighted by Gasteiger charge is 2.38. The summed E-state index contributed by atoms with van der Waals surface area (Å²) < 4.78 is 6.51. The molecule has 0 radical (unpaired) electrons. The monoisotopic (exact) mass is 400 g/mol. The van der Waals surface area contributed by atoms with E-state index in [9.17, 15) is 10.5 Å². The van der Waals surface area contributed by atoms with Gasteiger partial charge in [-0.25, -0.2) is 0 Å². The quantitative estimate of drug-likeness (QED) is 0.554. The summed E-state index contributed by atoms with van der Waals surface area (Å²) in [6.45, 7) is 17.6. The summed E-state index contributed by atoms with van der Waals surface area (Å²) in [5.41, 5.74) is 6.10. The Morgan fingerprint density at radius 3 is 1.40 bits per heavy atom. The van der Waals surface area contributed by atoms with Crippen molar-refractivity contribution in [2.75, 3.05) is 0 Å². The lowest BCUT2D eigenvalue weighted by atomic mass is 9.70. The van der Waals surface area contributed by atoms with Gasteiger partial charge < -0.3 is 4.74 Å². The Morgan fingerprint density at radius 1 is 0.733 bits per heavy atom. The van der Waals surface area contributed by atoms with Crippen LogP contribution in [0.3, 0.4) is 0 Å². The topological polar surface area (TPSA) is 56.8 Å². The summed E-state index contributed by atoms with van der Waals surface area (Å²) in [5, 5.41) is 18.9. The van der Waals surface area contributed by atoms with E-state index in [0.29, 0.717) is 12.8 Å². The van der Waals surface area contributed by atoms with E-state index in [1.54, 1.807) is 0 Å². The zero-order chi connectivity index (χ0) is 22.5. The molecule has 0 N–H and O–H groups in total. The number of nitriles is 2. The molecule has 30 heavy (non-hydrogen) atoms. The van der Waals surface area contributed by atoms with E-state index in [-0.39, 0.29) is 16.2 Å². The minimum absolute atomic E-state index is 0.0329. The molecule has 0 atom stereocenters. The summed E-state index contributed by atoms with van der Waals surface area (Å²) in [4.78, 5) is 0. The molecule has 156 valence electrons. The van der Waals surface area contributed by atoms with E-state index in [4.69, 9.17) is 4.74 Å². The number of benzene rings is 2. The minimum atomic E-state index is -0.306. The smallest absolute Gasteiger partial charge is 0.135 e. The van der Waals surface area contributed by atoms with Gasteiger partial charge in [0, 0.05) is 27.7 Å².